The second-order valence-electron chi connectivity index (χ2n) is 6.81. The van der Waals surface area contributed by atoms with Gasteiger partial charge in [-0.15, -0.1) is 10.2 Å². The molecule has 1 aromatic carbocycles. The summed E-state index contributed by atoms with van der Waals surface area (Å²) in [5, 5.41) is 18.7. The normalized spacial score (nSPS) is 11.7. The molecule has 140 valence electrons. The van der Waals surface area contributed by atoms with Crippen LogP contribution in [0.3, 0.4) is 0 Å². The van der Waals surface area contributed by atoms with Gasteiger partial charge < -0.3 is 4.74 Å². The third-order valence-corrected chi connectivity index (χ3v) is 3.67. The van der Waals surface area contributed by atoms with E-state index in [9.17, 15) is 4.39 Å². The van der Waals surface area contributed by atoms with Gasteiger partial charge in [-0.3, -0.25) is 10.5 Å². The second-order valence-corrected chi connectivity index (χ2v) is 6.81. The molecule has 3 rings (SSSR count). The third kappa shape index (κ3) is 4.84. The van der Waals surface area contributed by atoms with Crippen molar-refractivity contribution in [3.8, 4) is 5.88 Å². The molecule has 0 radical (unpaired) electrons. The fourth-order valence-corrected chi connectivity index (χ4v) is 2.26. The SMILES string of the molecule is CC(C)(C)c1cc(N/N=C/c2ccccc2F)nnc1OCc1ncn[nH]1. The maximum Gasteiger partial charge on any atom is 0.237 e. The van der Waals surface area contributed by atoms with Crippen LogP contribution in [0.1, 0.15) is 37.7 Å². The van der Waals surface area contributed by atoms with Gasteiger partial charge in [-0.05, 0) is 17.5 Å². The first kappa shape index (κ1) is 18.4. The Balaban J connectivity index is 1.75. The van der Waals surface area contributed by atoms with Crippen LogP contribution in [0.15, 0.2) is 41.8 Å². The number of hydrogen-bond donors (Lipinski definition) is 2. The van der Waals surface area contributed by atoms with Gasteiger partial charge in [0, 0.05) is 11.1 Å². The van der Waals surface area contributed by atoms with Crippen molar-refractivity contribution in [2.24, 2.45) is 5.10 Å². The first-order chi connectivity index (χ1) is 12.9. The molecule has 0 atom stereocenters. The highest BCUT2D eigenvalue weighted by Gasteiger charge is 2.22. The number of hydrazone groups is 1. The van der Waals surface area contributed by atoms with E-state index in [2.05, 4.69) is 35.9 Å². The Morgan fingerprint density at radius 1 is 1.26 bits per heavy atom. The van der Waals surface area contributed by atoms with Crippen LogP contribution in [-0.2, 0) is 12.0 Å². The molecule has 0 aliphatic carbocycles. The summed E-state index contributed by atoms with van der Waals surface area (Å²) in [6.45, 7) is 6.32. The predicted octanol–water partition coefficient (Wildman–Crippen LogP) is 3.06. The first-order valence-corrected chi connectivity index (χ1v) is 8.32. The number of anilines is 1. The number of nitrogens with zero attached hydrogens (tertiary/aromatic N) is 5. The van der Waals surface area contributed by atoms with Crippen molar-refractivity contribution >= 4 is 12.0 Å². The number of hydrogen-bond acceptors (Lipinski definition) is 7. The molecule has 0 saturated carbocycles. The van der Waals surface area contributed by atoms with Gasteiger partial charge in [-0.1, -0.05) is 39.0 Å². The van der Waals surface area contributed by atoms with Crippen molar-refractivity contribution < 1.29 is 9.13 Å². The minimum Gasteiger partial charge on any atom is -0.468 e. The van der Waals surface area contributed by atoms with Crippen LogP contribution < -0.4 is 10.2 Å². The van der Waals surface area contributed by atoms with Crippen LogP contribution in [0.4, 0.5) is 10.2 Å². The minimum atomic E-state index is -0.347. The first-order valence-electron chi connectivity index (χ1n) is 8.32. The monoisotopic (exact) mass is 369 g/mol. The smallest absolute Gasteiger partial charge is 0.237 e. The third-order valence-electron chi connectivity index (χ3n) is 3.67. The maximum atomic E-state index is 13.6. The van der Waals surface area contributed by atoms with Crippen LogP contribution in [0.2, 0.25) is 0 Å². The summed E-state index contributed by atoms with van der Waals surface area (Å²) in [5.41, 5.74) is 3.76. The Labute approximate surface area is 155 Å². The van der Waals surface area contributed by atoms with Crippen molar-refractivity contribution in [1.29, 1.82) is 0 Å². The molecule has 8 nitrogen and oxygen atoms in total. The van der Waals surface area contributed by atoms with Gasteiger partial charge in [0.2, 0.25) is 5.88 Å². The number of aromatic nitrogens is 5. The number of benzene rings is 1. The molecule has 0 amide bonds. The van der Waals surface area contributed by atoms with E-state index in [0.717, 1.165) is 5.56 Å². The van der Waals surface area contributed by atoms with Gasteiger partial charge in [-0.2, -0.15) is 10.2 Å². The molecule has 0 spiro atoms. The number of H-pyrrole nitrogens is 1. The fraction of sp³-hybridized carbons (Fsp3) is 0.278. The average molecular weight is 369 g/mol. The van der Waals surface area contributed by atoms with Gasteiger partial charge in [0.1, 0.15) is 18.8 Å². The van der Waals surface area contributed by atoms with Gasteiger partial charge in [0.15, 0.2) is 11.6 Å². The standard InChI is InChI=1S/C18H20FN7O/c1-18(2,3)13-8-15(23-21-9-12-6-4-5-7-14(12)19)25-26-17(13)27-10-16-20-11-22-24-16/h4-9,11H,10H2,1-3H3,(H,23,25)(H,20,22,24)/b21-9+. The number of aromatic amines is 1. The van der Waals surface area contributed by atoms with Gasteiger partial charge in [0.25, 0.3) is 0 Å². The Morgan fingerprint density at radius 2 is 2.07 bits per heavy atom. The van der Waals surface area contributed by atoms with E-state index >= 15 is 0 Å². The summed E-state index contributed by atoms with van der Waals surface area (Å²) in [4.78, 5) is 4.02. The van der Waals surface area contributed by atoms with Crippen LogP contribution in [0.5, 0.6) is 5.88 Å². The highest BCUT2D eigenvalue weighted by atomic mass is 19.1. The largest absolute Gasteiger partial charge is 0.468 e. The molecule has 2 aromatic heterocycles. The van der Waals surface area contributed by atoms with E-state index < -0.39 is 0 Å². The molecule has 0 saturated heterocycles. The lowest BCUT2D eigenvalue weighted by Gasteiger charge is -2.21. The molecule has 0 aliphatic rings. The number of halogens is 1. The molecule has 27 heavy (non-hydrogen) atoms. The zero-order valence-electron chi connectivity index (χ0n) is 15.3. The van der Waals surface area contributed by atoms with E-state index in [1.807, 2.05) is 20.8 Å². The van der Waals surface area contributed by atoms with E-state index in [-0.39, 0.29) is 17.8 Å². The molecular formula is C18H20FN7O. The molecule has 0 aliphatic heterocycles. The van der Waals surface area contributed by atoms with E-state index in [0.29, 0.717) is 23.1 Å². The van der Waals surface area contributed by atoms with Gasteiger partial charge >= 0.3 is 0 Å². The number of nitrogens with one attached hydrogen (secondary N) is 2. The van der Waals surface area contributed by atoms with Crippen molar-refractivity contribution in [2.75, 3.05) is 5.43 Å². The minimum absolute atomic E-state index is 0.204. The molecule has 3 aromatic rings. The Kier molecular flexibility index (Phi) is 5.39. The molecule has 2 N–H and O–H groups in total. The molecule has 2 heterocycles. The lowest BCUT2D eigenvalue weighted by Crippen LogP contribution is -2.16. The molecule has 0 fully saturated rings. The second kappa shape index (κ2) is 7.90. The van der Waals surface area contributed by atoms with E-state index in [1.54, 1.807) is 24.3 Å². The maximum absolute atomic E-state index is 13.6. The van der Waals surface area contributed by atoms with Gasteiger partial charge in [0.05, 0.1) is 6.21 Å². The van der Waals surface area contributed by atoms with Crippen molar-refractivity contribution in [1.82, 2.24) is 25.4 Å². The van der Waals surface area contributed by atoms with Crippen molar-refractivity contribution in [2.45, 2.75) is 32.8 Å². The summed E-state index contributed by atoms with van der Waals surface area (Å²) >= 11 is 0. The average Bonchev–Trinajstić information content (AvgIpc) is 3.15. The Bertz CT molecular complexity index is 920. The molecule has 0 unspecified atom stereocenters. The van der Waals surface area contributed by atoms with E-state index in [1.165, 1.54) is 18.6 Å². The lowest BCUT2D eigenvalue weighted by molar-refractivity contribution is 0.273. The van der Waals surface area contributed by atoms with E-state index in [4.69, 9.17) is 4.74 Å². The fourth-order valence-electron chi connectivity index (χ4n) is 2.26. The summed E-state index contributed by atoms with van der Waals surface area (Å²) in [5.74, 6) is 1.08. The van der Waals surface area contributed by atoms with Crippen molar-refractivity contribution in [3.05, 3.63) is 59.4 Å². The van der Waals surface area contributed by atoms with Gasteiger partial charge in [-0.25, -0.2) is 9.37 Å². The lowest BCUT2D eigenvalue weighted by atomic mass is 9.88. The van der Waals surface area contributed by atoms with Crippen molar-refractivity contribution in [3.63, 3.8) is 0 Å². The van der Waals surface area contributed by atoms with Crippen LogP contribution in [0, 0.1) is 5.82 Å². The van der Waals surface area contributed by atoms with Crippen LogP contribution in [-0.4, -0.2) is 31.6 Å². The highest BCUT2D eigenvalue weighted by molar-refractivity contribution is 5.80. The predicted molar refractivity (Wildman–Crippen MR) is 99.1 cm³/mol. The summed E-state index contributed by atoms with van der Waals surface area (Å²) in [6, 6.07) is 8.18. The molecular weight excluding hydrogens is 349 g/mol. The summed E-state index contributed by atoms with van der Waals surface area (Å²) in [6.07, 6.45) is 2.80. The molecule has 9 heteroatoms. The highest BCUT2D eigenvalue weighted by Crippen LogP contribution is 2.31. The summed E-state index contributed by atoms with van der Waals surface area (Å²) in [7, 11) is 0. The van der Waals surface area contributed by atoms with Crippen LogP contribution >= 0.6 is 0 Å². The Morgan fingerprint density at radius 3 is 2.78 bits per heavy atom. The quantitative estimate of drug-likeness (QED) is 0.512. The van der Waals surface area contributed by atoms with Crippen LogP contribution in [0.25, 0.3) is 0 Å². The number of ether oxygens (including phenoxy) is 1. The summed E-state index contributed by atoms with van der Waals surface area (Å²) < 4.78 is 19.3. The molecule has 0 bridgehead atoms. The zero-order valence-corrected chi connectivity index (χ0v) is 15.3. The number of rotatable bonds is 6. The topological polar surface area (TPSA) is 101 Å². The zero-order chi connectivity index (χ0) is 19.3. The Hall–Kier alpha value is -3.36.